The average molecular weight is 289 g/mol. The van der Waals surface area contributed by atoms with Crippen LogP contribution in [-0.4, -0.2) is 8.42 Å². The van der Waals surface area contributed by atoms with Crippen molar-refractivity contribution in [2.75, 3.05) is 0 Å². The summed E-state index contributed by atoms with van der Waals surface area (Å²) in [4.78, 5) is 0.294. The van der Waals surface area contributed by atoms with Gasteiger partial charge in [0.2, 0.25) is 10.0 Å². The van der Waals surface area contributed by atoms with Gasteiger partial charge in [-0.3, -0.25) is 0 Å². The molecule has 2 aromatic carbocycles. The molecule has 0 aliphatic heterocycles. The lowest BCUT2D eigenvalue weighted by molar-refractivity contribution is 0.581. The number of hydrogen-bond acceptors (Lipinski definition) is 2. The topological polar surface area (TPSA) is 46.2 Å². The van der Waals surface area contributed by atoms with Gasteiger partial charge in [0.05, 0.1) is 4.90 Å². The summed E-state index contributed by atoms with van der Waals surface area (Å²) in [5, 5.41) is 0. The van der Waals surface area contributed by atoms with Crippen LogP contribution in [0.3, 0.4) is 0 Å². The lowest BCUT2D eigenvalue weighted by Crippen LogP contribution is -2.23. The van der Waals surface area contributed by atoms with Crippen molar-refractivity contribution in [1.29, 1.82) is 0 Å². The molecule has 0 heterocycles. The molecule has 0 radical (unpaired) electrons. The second kappa shape index (κ2) is 6.20. The van der Waals surface area contributed by atoms with Gasteiger partial charge in [0.25, 0.3) is 0 Å². The monoisotopic (exact) mass is 289 g/mol. The van der Waals surface area contributed by atoms with Crippen molar-refractivity contribution in [3.8, 4) is 0 Å². The largest absolute Gasteiger partial charge is 0.240 e. The number of rotatable bonds is 5. The smallest absolute Gasteiger partial charge is 0.207 e. The molecular weight excluding hydrogens is 270 g/mol. The molecular formula is C16H19NO2S. The van der Waals surface area contributed by atoms with Crippen LogP contribution in [0.5, 0.6) is 0 Å². The van der Waals surface area contributed by atoms with Crippen molar-refractivity contribution in [1.82, 2.24) is 4.72 Å². The minimum absolute atomic E-state index is 0.294. The van der Waals surface area contributed by atoms with Crippen LogP contribution in [0.25, 0.3) is 0 Å². The average Bonchev–Trinajstić information content (AvgIpc) is 2.46. The summed E-state index contributed by atoms with van der Waals surface area (Å²) in [7, 11) is -3.45. The van der Waals surface area contributed by atoms with Gasteiger partial charge in [-0.25, -0.2) is 13.1 Å². The molecule has 0 bridgehead atoms. The SMILES string of the molecule is CC(C)c1ccccc1CNS(=O)(=O)c1ccccc1. The van der Waals surface area contributed by atoms with E-state index in [2.05, 4.69) is 18.6 Å². The fourth-order valence-electron chi connectivity index (χ4n) is 2.11. The molecule has 0 unspecified atom stereocenters. The van der Waals surface area contributed by atoms with Crippen LogP contribution < -0.4 is 4.72 Å². The van der Waals surface area contributed by atoms with E-state index in [4.69, 9.17) is 0 Å². The molecule has 4 heteroatoms. The van der Waals surface area contributed by atoms with Gasteiger partial charge < -0.3 is 0 Å². The summed E-state index contributed by atoms with van der Waals surface area (Å²) in [5.74, 6) is 0.368. The quantitative estimate of drug-likeness (QED) is 0.918. The van der Waals surface area contributed by atoms with Crippen LogP contribution >= 0.6 is 0 Å². The maximum atomic E-state index is 12.2. The van der Waals surface area contributed by atoms with E-state index in [-0.39, 0.29) is 0 Å². The van der Waals surface area contributed by atoms with Crippen LogP contribution in [0.15, 0.2) is 59.5 Å². The van der Waals surface area contributed by atoms with Gasteiger partial charge in [0.15, 0.2) is 0 Å². The number of nitrogens with one attached hydrogen (secondary N) is 1. The Morgan fingerprint density at radius 1 is 0.950 bits per heavy atom. The van der Waals surface area contributed by atoms with E-state index < -0.39 is 10.0 Å². The molecule has 0 amide bonds. The predicted molar refractivity (Wildman–Crippen MR) is 81.0 cm³/mol. The normalized spacial score (nSPS) is 11.8. The highest BCUT2D eigenvalue weighted by Gasteiger charge is 2.14. The lowest BCUT2D eigenvalue weighted by atomic mass is 9.97. The van der Waals surface area contributed by atoms with Crippen LogP contribution in [0.2, 0.25) is 0 Å². The minimum Gasteiger partial charge on any atom is -0.207 e. The van der Waals surface area contributed by atoms with E-state index in [1.165, 1.54) is 5.56 Å². The summed E-state index contributed by atoms with van der Waals surface area (Å²) in [6, 6.07) is 16.3. The third kappa shape index (κ3) is 3.46. The van der Waals surface area contributed by atoms with E-state index in [0.717, 1.165) is 5.56 Å². The number of hydrogen-bond donors (Lipinski definition) is 1. The highest BCUT2D eigenvalue weighted by molar-refractivity contribution is 7.89. The Morgan fingerprint density at radius 2 is 1.55 bits per heavy atom. The highest BCUT2D eigenvalue weighted by Crippen LogP contribution is 2.19. The Morgan fingerprint density at radius 3 is 2.20 bits per heavy atom. The summed E-state index contributed by atoms with van der Waals surface area (Å²) in [6.07, 6.45) is 0. The molecule has 0 fully saturated rings. The maximum absolute atomic E-state index is 12.2. The van der Waals surface area contributed by atoms with Gasteiger partial charge in [0.1, 0.15) is 0 Å². The molecule has 0 atom stereocenters. The Kier molecular flexibility index (Phi) is 4.57. The molecule has 2 aromatic rings. The second-order valence-electron chi connectivity index (χ2n) is 4.99. The van der Waals surface area contributed by atoms with Crippen LogP contribution in [-0.2, 0) is 16.6 Å². The van der Waals surface area contributed by atoms with E-state index >= 15 is 0 Å². The van der Waals surface area contributed by atoms with E-state index in [1.54, 1.807) is 30.3 Å². The predicted octanol–water partition coefficient (Wildman–Crippen LogP) is 3.29. The zero-order chi connectivity index (χ0) is 14.6. The first-order chi connectivity index (χ1) is 9.50. The first kappa shape index (κ1) is 14.8. The van der Waals surface area contributed by atoms with Gasteiger partial charge >= 0.3 is 0 Å². The molecule has 0 saturated carbocycles. The van der Waals surface area contributed by atoms with Crippen LogP contribution in [0.1, 0.15) is 30.9 Å². The lowest BCUT2D eigenvalue weighted by Gasteiger charge is -2.13. The van der Waals surface area contributed by atoms with Crippen molar-refractivity contribution >= 4 is 10.0 Å². The fraction of sp³-hybridized carbons (Fsp3) is 0.250. The Bertz CT molecular complexity index is 664. The molecule has 0 spiro atoms. The summed E-state index contributed by atoms with van der Waals surface area (Å²) >= 11 is 0. The standard InChI is InChI=1S/C16H19NO2S/c1-13(2)16-11-7-6-8-14(16)12-17-20(18,19)15-9-4-3-5-10-15/h3-11,13,17H,12H2,1-2H3. The Labute approximate surface area is 120 Å². The second-order valence-corrected chi connectivity index (χ2v) is 6.76. The van der Waals surface area contributed by atoms with Gasteiger partial charge in [-0.05, 0) is 29.2 Å². The van der Waals surface area contributed by atoms with Crippen molar-refractivity contribution < 1.29 is 8.42 Å². The minimum atomic E-state index is -3.45. The molecule has 0 aromatic heterocycles. The van der Waals surface area contributed by atoms with Crippen molar-refractivity contribution in [2.24, 2.45) is 0 Å². The number of sulfonamides is 1. The fourth-order valence-corrected chi connectivity index (χ4v) is 3.14. The molecule has 3 nitrogen and oxygen atoms in total. The molecule has 2 rings (SSSR count). The first-order valence-electron chi connectivity index (χ1n) is 6.63. The Hall–Kier alpha value is -1.65. The van der Waals surface area contributed by atoms with Gasteiger partial charge in [-0.1, -0.05) is 56.3 Å². The molecule has 20 heavy (non-hydrogen) atoms. The highest BCUT2D eigenvalue weighted by atomic mass is 32.2. The zero-order valence-corrected chi connectivity index (χ0v) is 12.5. The third-order valence-electron chi connectivity index (χ3n) is 3.18. The third-order valence-corrected chi connectivity index (χ3v) is 4.60. The van der Waals surface area contributed by atoms with Gasteiger partial charge in [0, 0.05) is 6.54 Å². The summed E-state index contributed by atoms with van der Waals surface area (Å²) < 4.78 is 27.0. The van der Waals surface area contributed by atoms with Gasteiger partial charge in [-0.15, -0.1) is 0 Å². The number of benzene rings is 2. The molecule has 0 aliphatic carbocycles. The first-order valence-corrected chi connectivity index (χ1v) is 8.11. The van der Waals surface area contributed by atoms with E-state index in [1.807, 2.05) is 24.3 Å². The van der Waals surface area contributed by atoms with Crippen LogP contribution in [0.4, 0.5) is 0 Å². The van der Waals surface area contributed by atoms with Crippen molar-refractivity contribution in [3.63, 3.8) is 0 Å². The molecule has 0 saturated heterocycles. The zero-order valence-electron chi connectivity index (χ0n) is 11.7. The van der Waals surface area contributed by atoms with Gasteiger partial charge in [-0.2, -0.15) is 0 Å². The van der Waals surface area contributed by atoms with Crippen LogP contribution in [0, 0.1) is 0 Å². The molecule has 0 aliphatic rings. The van der Waals surface area contributed by atoms with E-state index in [9.17, 15) is 8.42 Å². The molecule has 106 valence electrons. The summed E-state index contributed by atoms with van der Waals surface area (Å²) in [6.45, 7) is 4.51. The molecule has 1 N–H and O–H groups in total. The maximum Gasteiger partial charge on any atom is 0.240 e. The summed E-state index contributed by atoms with van der Waals surface area (Å²) in [5.41, 5.74) is 2.19. The van der Waals surface area contributed by atoms with Crippen molar-refractivity contribution in [3.05, 3.63) is 65.7 Å². The Balaban J connectivity index is 2.17. The van der Waals surface area contributed by atoms with Crippen molar-refractivity contribution in [2.45, 2.75) is 31.2 Å². The van der Waals surface area contributed by atoms with E-state index in [0.29, 0.717) is 17.4 Å².